The lowest BCUT2D eigenvalue weighted by molar-refractivity contribution is 0.0364. The molecule has 0 aromatic rings. The van der Waals surface area contributed by atoms with Crippen LogP contribution in [0.4, 0.5) is 0 Å². The second kappa shape index (κ2) is 7.94. The molecule has 3 atom stereocenters. The van der Waals surface area contributed by atoms with Gasteiger partial charge in [-0.05, 0) is 51.1 Å². The van der Waals surface area contributed by atoms with Crippen molar-refractivity contribution in [1.82, 2.24) is 15.1 Å². The minimum Gasteiger partial charge on any atom is -0.316 e. The maximum absolute atomic E-state index is 3.74. The van der Waals surface area contributed by atoms with E-state index in [2.05, 4.69) is 42.9 Å². The number of likely N-dealkylation sites (N-methyl/N-ethyl adjacent to an activating group) is 1. The normalized spacial score (nSPS) is 36.0. The lowest BCUT2D eigenvalue weighted by Crippen LogP contribution is -2.55. The molecule has 0 amide bonds. The van der Waals surface area contributed by atoms with Crippen LogP contribution in [0.2, 0.25) is 0 Å². The van der Waals surface area contributed by atoms with Gasteiger partial charge in [0.1, 0.15) is 0 Å². The summed E-state index contributed by atoms with van der Waals surface area (Å²) in [4.78, 5) is 5.25. The highest BCUT2D eigenvalue weighted by Gasteiger charge is 2.37. The van der Waals surface area contributed by atoms with Crippen molar-refractivity contribution < 1.29 is 0 Å². The van der Waals surface area contributed by atoms with Crippen LogP contribution in [0.25, 0.3) is 0 Å². The van der Waals surface area contributed by atoms with Crippen LogP contribution in [0.3, 0.4) is 0 Å². The van der Waals surface area contributed by atoms with E-state index in [1.165, 1.54) is 71.4 Å². The molecule has 0 aromatic heterocycles. The van der Waals surface area contributed by atoms with E-state index >= 15 is 0 Å². The Bertz CT molecular complexity index is 307. The summed E-state index contributed by atoms with van der Waals surface area (Å²) in [6.45, 7) is 14.6. The molecule has 1 aliphatic carbocycles. The molecule has 1 N–H and O–H groups in total. The topological polar surface area (TPSA) is 18.5 Å². The van der Waals surface area contributed by atoms with E-state index in [1.54, 1.807) is 0 Å². The smallest absolute Gasteiger partial charge is 0.0192 e. The first kappa shape index (κ1) is 17.2. The molecular weight excluding hydrogens is 258 g/mol. The Morgan fingerprint density at radius 1 is 1.24 bits per heavy atom. The summed E-state index contributed by atoms with van der Waals surface area (Å²) in [5.41, 5.74) is 0.530. The zero-order valence-corrected chi connectivity index (χ0v) is 14.8. The molecule has 0 bridgehead atoms. The van der Waals surface area contributed by atoms with Crippen LogP contribution in [0.5, 0.6) is 0 Å². The summed E-state index contributed by atoms with van der Waals surface area (Å²) in [7, 11) is 2.27. The highest BCUT2D eigenvalue weighted by Crippen LogP contribution is 2.40. The number of nitrogens with zero attached hydrogens (tertiary/aromatic N) is 2. The van der Waals surface area contributed by atoms with Gasteiger partial charge >= 0.3 is 0 Å². The zero-order chi connectivity index (χ0) is 15.3. The quantitative estimate of drug-likeness (QED) is 0.760. The molecule has 3 nitrogen and oxygen atoms in total. The highest BCUT2D eigenvalue weighted by atomic mass is 15.3. The first-order valence-electron chi connectivity index (χ1n) is 9.18. The Labute approximate surface area is 132 Å². The lowest BCUT2D eigenvalue weighted by Gasteiger charge is -2.46. The molecule has 1 heterocycles. The van der Waals surface area contributed by atoms with Crippen molar-refractivity contribution in [1.29, 1.82) is 0 Å². The SMILES string of the molecule is CCCNCC1(CN2CCN(C)C(C)C2)CCCC(C)C1. The van der Waals surface area contributed by atoms with Gasteiger partial charge in [0.05, 0.1) is 0 Å². The van der Waals surface area contributed by atoms with Crippen LogP contribution in [0.15, 0.2) is 0 Å². The molecule has 1 saturated carbocycles. The largest absolute Gasteiger partial charge is 0.316 e. The summed E-state index contributed by atoms with van der Waals surface area (Å²) in [5.74, 6) is 0.909. The molecule has 3 unspecified atom stereocenters. The van der Waals surface area contributed by atoms with Crippen molar-refractivity contribution >= 4 is 0 Å². The van der Waals surface area contributed by atoms with Gasteiger partial charge in [0.2, 0.25) is 0 Å². The minimum atomic E-state index is 0.530. The number of rotatable bonds is 6. The fourth-order valence-electron chi connectivity index (χ4n) is 4.40. The maximum atomic E-state index is 3.74. The standard InChI is InChI=1S/C18H37N3/c1-5-9-19-14-18(8-6-7-16(2)12-18)15-21-11-10-20(4)17(3)13-21/h16-17,19H,5-15H2,1-4H3. The van der Waals surface area contributed by atoms with Crippen molar-refractivity contribution in [2.24, 2.45) is 11.3 Å². The molecule has 1 saturated heterocycles. The van der Waals surface area contributed by atoms with Crippen LogP contribution in [-0.2, 0) is 0 Å². The van der Waals surface area contributed by atoms with Crippen molar-refractivity contribution in [2.45, 2.75) is 58.9 Å². The summed E-state index contributed by atoms with van der Waals surface area (Å²) in [6, 6.07) is 0.709. The molecule has 124 valence electrons. The van der Waals surface area contributed by atoms with Crippen LogP contribution in [0, 0.1) is 11.3 Å². The Morgan fingerprint density at radius 2 is 2.05 bits per heavy atom. The maximum Gasteiger partial charge on any atom is 0.0192 e. The van der Waals surface area contributed by atoms with Gasteiger partial charge in [-0.2, -0.15) is 0 Å². The van der Waals surface area contributed by atoms with Gasteiger partial charge in [0, 0.05) is 38.8 Å². The number of piperazine rings is 1. The molecule has 1 aliphatic heterocycles. The van der Waals surface area contributed by atoms with Gasteiger partial charge in [0.15, 0.2) is 0 Å². The summed E-state index contributed by atoms with van der Waals surface area (Å²) in [6.07, 6.45) is 6.96. The second-order valence-corrected chi connectivity index (χ2v) is 7.94. The van der Waals surface area contributed by atoms with Gasteiger partial charge in [-0.1, -0.05) is 26.7 Å². The molecule has 3 heteroatoms. The molecule has 0 spiro atoms. The number of nitrogens with one attached hydrogen (secondary N) is 1. The first-order valence-corrected chi connectivity index (χ1v) is 9.18. The van der Waals surface area contributed by atoms with E-state index in [1.807, 2.05) is 0 Å². The summed E-state index contributed by atoms with van der Waals surface area (Å²) < 4.78 is 0. The third-order valence-corrected chi connectivity index (χ3v) is 5.72. The average Bonchev–Trinajstić information content (AvgIpc) is 2.43. The average molecular weight is 296 g/mol. The third kappa shape index (κ3) is 4.94. The molecule has 0 radical (unpaired) electrons. The Kier molecular flexibility index (Phi) is 6.51. The highest BCUT2D eigenvalue weighted by molar-refractivity contribution is 4.91. The molecule has 0 aromatic carbocycles. The number of hydrogen-bond donors (Lipinski definition) is 1. The van der Waals surface area contributed by atoms with E-state index in [9.17, 15) is 0 Å². The molecule has 2 aliphatic rings. The van der Waals surface area contributed by atoms with Crippen LogP contribution < -0.4 is 5.32 Å². The molecule has 2 fully saturated rings. The Morgan fingerprint density at radius 3 is 2.71 bits per heavy atom. The minimum absolute atomic E-state index is 0.530. The monoisotopic (exact) mass is 295 g/mol. The second-order valence-electron chi connectivity index (χ2n) is 7.94. The van der Waals surface area contributed by atoms with Gasteiger partial charge in [-0.3, -0.25) is 4.90 Å². The van der Waals surface area contributed by atoms with Crippen molar-refractivity contribution in [3.05, 3.63) is 0 Å². The molecule has 21 heavy (non-hydrogen) atoms. The van der Waals surface area contributed by atoms with Crippen molar-refractivity contribution in [3.63, 3.8) is 0 Å². The van der Waals surface area contributed by atoms with E-state index in [4.69, 9.17) is 0 Å². The van der Waals surface area contributed by atoms with Gasteiger partial charge in [-0.25, -0.2) is 0 Å². The predicted octanol–water partition coefficient (Wildman–Crippen LogP) is 2.82. The summed E-state index contributed by atoms with van der Waals surface area (Å²) in [5, 5.41) is 3.74. The fourth-order valence-corrected chi connectivity index (χ4v) is 4.40. The zero-order valence-electron chi connectivity index (χ0n) is 14.8. The van der Waals surface area contributed by atoms with Crippen LogP contribution >= 0.6 is 0 Å². The van der Waals surface area contributed by atoms with Gasteiger partial charge < -0.3 is 10.2 Å². The van der Waals surface area contributed by atoms with Gasteiger partial charge in [0.25, 0.3) is 0 Å². The molecular formula is C18H37N3. The summed E-state index contributed by atoms with van der Waals surface area (Å²) >= 11 is 0. The third-order valence-electron chi connectivity index (χ3n) is 5.72. The Balaban J connectivity index is 1.94. The predicted molar refractivity (Wildman–Crippen MR) is 91.8 cm³/mol. The van der Waals surface area contributed by atoms with Gasteiger partial charge in [-0.15, -0.1) is 0 Å². The van der Waals surface area contributed by atoms with E-state index in [0.717, 1.165) is 5.92 Å². The van der Waals surface area contributed by atoms with Crippen LogP contribution in [0.1, 0.15) is 52.9 Å². The Hall–Kier alpha value is -0.120. The van der Waals surface area contributed by atoms with Crippen molar-refractivity contribution in [2.75, 3.05) is 46.3 Å². The molecule has 2 rings (SSSR count). The lowest BCUT2D eigenvalue weighted by atomic mass is 9.69. The number of hydrogen-bond acceptors (Lipinski definition) is 3. The van der Waals surface area contributed by atoms with E-state index in [-0.39, 0.29) is 0 Å². The van der Waals surface area contributed by atoms with E-state index in [0.29, 0.717) is 11.5 Å². The van der Waals surface area contributed by atoms with Crippen molar-refractivity contribution in [3.8, 4) is 0 Å². The fraction of sp³-hybridized carbons (Fsp3) is 1.00. The first-order chi connectivity index (χ1) is 10.0. The van der Waals surface area contributed by atoms with E-state index < -0.39 is 0 Å². The van der Waals surface area contributed by atoms with Crippen LogP contribution in [-0.4, -0.2) is 62.2 Å².